The smallest absolute Gasteiger partial charge is 0.222 e. The molecule has 1 aliphatic heterocycles. The van der Waals surface area contributed by atoms with E-state index in [2.05, 4.69) is 22.5 Å². The van der Waals surface area contributed by atoms with Crippen LogP contribution in [-0.4, -0.2) is 63.3 Å². The van der Waals surface area contributed by atoms with E-state index in [9.17, 15) is 4.79 Å². The Morgan fingerprint density at radius 1 is 1.42 bits per heavy atom. The van der Waals surface area contributed by atoms with Crippen LogP contribution in [0.1, 0.15) is 32.6 Å². The first-order valence-corrected chi connectivity index (χ1v) is 7.34. The summed E-state index contributed by atoms with van der Waals surface area (Å²) in [5, 5.41) is 6.31. The summed E-state index contributed by atoms with van der Waals surface area (Å²) in [7, 11) is 4.09. The lowest BCUT2D eigenvalue weighted by Gasteiger charge is -2.23. The number of carbonyl (C=O) groups is 1. The summed E-state index contributed by atoms with van der Waals surface area (Å²) < 4.78 is 5.72. The molecule has 1 amide bonds. The van der Waals surface area contributed by atoms with Gasteiger partial charge in [-0.1, -0.05) is 0 Å². The molecule has 112 valence electrons. The number of ether oxygens (including phenoxy) is 1. The number of piperidine rings is 1. The molecule has 1 heterocycles. The van der Waals surface area contributed by atoms with E-state index < -0.39 is 0 Å². The summed E-state index contributed by atoms with van der Waals surface area (Å²) in [5.41, 5.74) is 0. The fraction of sp³-hybridized carbons (Fsp3) is 0.929. The van der Waals surface area contributed by atoms with Crippen LogP contribution in [0.4, 0.5) is 0 Å². The number of nitrogens with zero attached hydrogens (tertiary/aromatic N) is 1. The van der Waals surface area contributed by atoms with Gasteiger partial charge in [-0.3, -0.25) is 4.79 Å². The molecule has 1 atom stereocenters. The Hall–Kier alpha value is -0.650. The molecule has 0 saturated carbocycles. The first kappa shape index (κ1) is 16.4. The molecule has 0 aromatic rings. The highest BCUT2D eigenvalue weighted by atomic mass is 16.5. The Bertz CT molecular complexity index is 253. The van der Waals surface area contributed by atoms with Crippen LogP contribution in [0, 0.1) is 0 Å². The number of nitrogens with one attached hydrogen (secondary N) is 2. The van der Waals surface area contributed by atoms with Crippen molar-refractivity contribution in [3.63, 3.8) is 0 Å². The van der Waals surface area contributed by atoms with Crippen molar-refractivity contribution in [2.75, 3.05) is 40.3 Å². The summed E-state index contributed by atoms with van der Waals surface area (Å²) in [6, 6.07) is 0.230. The molecule has 0 aromatic carbocycles. The van der Waals surface area contributed by atoms with Gasteiger partial charge < -0.3 is 20.3 Å². The van der Waals surface area contributed by atoms with Crippen molar-refractivity contribution < 1.29 is 9.53 Å². The van der Waals surface area contributed by atoms with E-state index in [0.29, 0.717) is 19.1 Å². The minimum Gasteiger partial charge on any atom is -0.378 e. The molecule has 1 saturated heterocycles. The SMILES string of the molecule is CC(CCN(C)C)NC(=O)CCOC1CCNCC1. The van der Waals surface area contributed by atoms with Crippen LogP contribution in [0.3, 0.4) is 0 Å². The van der Waals surface area contributed by atoms with Gasteiger partial charge in [-0.15, -0.1) is 0 Å². The van der Waals surface area contributed by atoms with Gasteiger partial charge in [-0.05, 0) is 59.9 Å². The van der Waals surface area contributed by atoms with E-state index >= 15 is 0 Å². The Kier molecular flexibility index (Phi) is 8.02. The van der Waals surface area contributed by atoms with Gasteiger partial charge in [0.15, 0.2) is 0 Å². The van der Waals surface area contributed by atoms with E-state index in [4.69, 9.17) is 4.74 Å². The lowest BCUT2D eigenvalue weighted by molar-refractivity contribution is -0.123. The quantitative estimate of drug-likeness (QED) is 0.679. The Labute approximate surface area is 117 Å². The third-order valence-corrected chi connectivity index (χ3v) is 3.39. The minimum atomic E-state index is 0.0974. The van der Waals surface area contributed by atoms with E-state index in [1.165, 1.54) is 0 Å². The summed E-state index contributed by atoms with van der Waals surface area (Å²) in [5.74, 6) is 0.0974. The molecular weight excluding hydrogens is 242 g/mol. The summed E-state index contributed by atoms with van der Waals surface area (Å²) in [6.07, 6.45) is 3.89. The second-order valence-electron chi connectivity index (χ2n) is 5.63. The summed E-state index contributed by atoms with van der Waals surface area (Å²) in [4.78, 5) is 13.9. The molecule has 2 N–H and O–H groups in total. The van der Waals surface area contributed by atoms with Crippen LogP contribution in [0.5, 0.6) is 0 Å². The van der Waals surface area contributed by atoms with Crippen LogP contribution in [0.2, 0.25) is 0 Å². The number of rotatable bonds is 8. The van der Waals surface area contributed by atoms with E-state index in [-0.39, 0.29) is 11.9 Å². The maximum Gasteiger partial charge on any atom is 0.222 e. The number of hydrogen-bond acceptors (Lipinski definition) is 4. The Balaban J connectivity index is 2.03. The van der Waals surface area contributed by atoms with Gasteiger partial charge >= 0.3 is 0 Å². The molecule has 0 aliphatic carbocycles. The molecule has 0 bridgehead atoms. The molecule has 1 rings (SSSR count). The van der Waals surface area contributed by atoms with E-state index in [1.54, 1.807) is 0 Å². The van der Waals surface area contributed by atoms with Crippen molar-refractivity contribution in [3.8, 4) is 0 Å². The molecule has 5 heteroatoms. The average Bonchev–Trinajstić information content (AvgIpc) is 2.37. The molecular formula is C14H29N3O2. The lowest BCUT2D eigenvalue weighted by Crippen LogP contribution is -2.36. The van der Waals surface area contributed by atoms with Crippen molar-refractivity contribution in [3.05, 3.63) is 0 Å². The average molecular weight is 271 g/mol. The highest BCUT2D eigenvalue weighted by Gasteiger charge is 2.14. The van der Waals surface area contributed by atoms with Gasteiger partial charge in [0.05, 0.1) is 12.7 Å². The monoisotopic (exact) mass is 271 g/mol. The Morgan fingerprint density at radius 3 is 2.74 bits per heavy atom. The van der Waals surface area contributed by atoms with Crippen molar-refractivity contribution in [1.29, 1.82) is 0 Å². The van der Waals surface area contributed by atoms with Gasteiger partial charge in [0.25, 0.3) is 0 Å². The van der Waals surface area contributed by atoms with E-state index in [1.807, 2.05) is 14.1 Å². The van der Waals surface area contributed by atoms with Crippen molar-refractivity contribution in [2.24, 2.45) is 0 Å². The molecule has 1 aliphatic rings. The zero-order valence-electron chi connectivity index (χ0n) is 12.6. The molecule has 0 aromatic heterocycles. The van der Waals surface area contributed by atoms with Gasteiger partial charge in [-0.2, -0.15) is 0 Å². The van der Waals surface area contributed by atoms with Crippen LogP contribution in [0.25, 0.3) is 0 Å². The van der Waals surface area contributed by atoms with Crippen LogP contribution in [0.15, 0.2) is 0 Å². The second-order valence-corrected chi connectivity index (χ2v) is 5.63. The topological polar surface area (TPSA) is 53.6 Å². The highest BCUT2D eigenvalue weighted by molar-refractivity contribution is 5.76. The molecule has 5 nitrogen and oxygen atoms in total. The standard InChI is InChI=1S/C14H29N3O2/c1-12(6-10-17(2)3)16-14(18)7-11-19-13-4-8-15-9-5-13/h12-13,15H,4-11H2,1-3H3,(H,16,18). The largest absolute Gasteiger partial charge is 0.378 e. The van der Waals surface area contributed by atoms with Crippen molar-refractivity contribution >= 4 is 5.91 Å². The zero-order chi connectivity index (χ0) is 14.1. The number of carbonyl (C=O) groups excluding carboxylic acids is 1. The maximum atomic E-state index is 11.7. The minimum absolute atomic E-state index is 0.0974. The number of amides is 1. The molecule has 0 radical (unpaired) electrons. The van der Waals surface area contributed by atoms with Crippen LogP contribution in [-0.2, 0) is 9.53 Å². The molecule has 1 unspecified atom stereocenters. The zero-order valence-corrected chi connectivity index (χ0v) is 12.6. The third kappa shape index (κ3) is 8.18. The highest BCUT2D eigenvalue weighted by Crippen LogP contribution is 2.07. The normalized spacial score (nSPS) is 18.5. The van der Waals surface area contributed by atoms with Crippen LogP contribution >= 0.6 is 0 Å². The van der Waals surface area contributed by atoms with Crippen LogP contribution < -0.4 is 10.6 Å². The second kappa shape index (κ2) is 9.28. The predicted molar refractivity (Wildman–Crippen MR) is 77.2 cm³/mol. The van der Waals surface area contributed by atoms with Gasteiger partial charge in [0.2, 0.25) is 5.91 Å². The fourth-order valence-electron chi connectivity index (χ4n) is 2.15. The molecule has 19 heavy (non-hydrogen) atoms. The Morgan fingerprint density at radius 2 is 2.11 bits per heavy atom. The van der Waals surface area contributed by atoms with E-state index in [0.717, 1.165) is 38.9 Å². The molecule has 1 fully saturated rings. The molecule has 0 spiro atoms. The first-order chi connectivity index (χ1) is 9.08. The van der Waals surface area contributed by atoms with Gasteiger partial charge in [0, 0.05) is 12.5 Å². The van der Waals surface area contributed by atoms with Crippen molar-refractivity contribution in [2.45, 2.75) is 44.8 Å². The lowest BCUT2D eigenvalue weighted by atomic mass is 10.1. The predicted octanol–water partition coefficient (Wildman–Crippen LogP) is 0.602. The fourth-order valence-corrected chi connectivity index (χ4v) is 2.15. The summed E-state index contributed by atoms with van der Waals surface area (Å²) in [6.45, 7) is 5.63. The number of hydrogen-bond donors (Lipinski definition) is 2. The van der Waals surface area contributed by atoms with Crippen molar-refractivity contribution in [1.82, 2.24) is 15.5 Å². The van der Waals surface area contributed by atoms with Gasteiger partial charge in [-0.25, -0.2) is 0 Å². The summed E-state index contributed by atoms with van der Waals surface area (Å²) >= 11 is 0. The first-order valence-electron chi connectivity index (χ1n) is 7.34. The maximum absolute atomic E-state index is 11.7. The van der Waals surface area contributed by atoms with Gasteiger partial charge in [0.1, 0.15) is 0 Å². The third-order valence-electron chi connectivity index (χ3n) is 3.39.